The zero-order valence-electron chi connectivity index (χ0n) is 13.3. The molecule has 0 saturated carbocycles. The first-order valence-corrected chi connectivity index (χ1v) is 7.91. The molecule has 1 aliphatic heterocycles. The summed E-state index contributed by atoms with van der Waals surface area (Å²) in [5.74, 6) is 1.34. The van der Waals surface area contributed by atoms with Crippen LogP contribution < -0.4 is 10.5 Å². The lowest BCUT2D eigenvalue weighted by Gasteiger charge is -2.17. The highest BCUT2D eigenvalue weighted by Crippen LogP contribution is 2.33. The second kappa shape index (κ2) is 6.84. The lowest BCUT2D eigenvalue weighted by atomic mass is 9.89. The van der Waals surface area contributed by atoms with Gasteiger partial charge in [0.2, 0.25) is 0 Å². The minimum absolute atomic E-state index is 0.0424. The zero-order valence-corrected chi connectivity index (χ0v) is 13.3. The molecule has 0 bridgehead atoms. The van der Waals surface area contributed by atoms with Gasteiger partial charge in [-0.25, -0.2) is 0 Å². The first-order valence-electron chi connectivity index (χ1n) is 7.91. The Bertz CT molecular complexity index is 672. The summed E-state index contributed by atoms with van der Waals surface area (Å²) in [6.07, 6.45) is 0. The minimum Gasteiger partial charge on any atom is -0.497 e. The number of carbonyl (C=O) groups is 1. The van der Waals surface area contributed by atoms with E-state index in [0.29, 0.717) is 42.8 Å². The predicted molar refractivity (Wildman–Crippen MR) is 90.6 cm³/mol. The third-order valence-corrected chi connectivity index (χ3v) is 4.58. The summed E-state index contributed by atoms with van der Waals surface area (Å²) in [7, 11) is 1.61. The van der Waals surface area contributed by atoms with Gasteiger partial charge in [0.05, 0.1) is 7.11 Å². The van der Waals surface area contributed by atoms with Crippen LogP contribution in [0.4, 0.5) is 0 Å². The first-order chi connectivity index (χ1) is 11.2. The van der Waals surface area contributed by atoms with E-state index in [9.17, 15) is 4.79 Å². The van der Waals surface area contributed by atoms with Gasteiger partial charge in [-0.15, -0.1) is 0 Å². The largest absolute Gasteiger partial charge is 0.497 e. The fourth-order valence-corrected chi connectivity index (χ4v) is 3.29. The van der Waals surface area contributed by atoms with Gasteiger partial charge < -0.3 is 15.4 Å². The average Bonchev–Trinajstić information content (AvgIpc) is 3.06. The molecule has 2 aromatic rings. The van der Waals surface area contributed by atoms with Crippen LogP contribution >= 0.6 is 0 Å². The van der Waals surface area contributed by atoms with Crippen LogP contribution in [0.2, 0.25) is 0 Å². The van der Waals surface area contributed by atoms with Crippen molar-refractivity contribution in [2.45, 2.75) is 5.92 Å². The molecule has 0 radical (unpaired) electrons. The number of nitrogens with two attached hydrogens (primary N) is 1. The maximum absolute atomic E-state index is 12.8. The van der Waals surface area contributed by atoms with Gasteiger partial charge in [0.25, 0.3) is 5.91 Å². The van der Waals surface area contributed by atoms with Gasteiger partial charge in [0, 0.05) is 24.6 Å². The fourth-order valence-electron chi connectivity index (χ4n) is 3.29. The van der Waals surface area contributed by atoms with E-state index in [2.05, 4.69) is 12.1 Å². The van der Waals surface area contributed by atoms with Crippen LogP contribution in [0.1, 0.15) is 21.8 Å². The van der Waals surface area contributed by atoms with Crippen molar-refractivity contribution < 1.29 is 9.53 Å². The van der Waals surface area contributed by atoms with Crippen LogP contribution in [-0.2, 0) is 0 Å². The molecule has 4 nitrogen and oxygen atoms in total. The highest BCUT2D eigenvalue weighted by Gasteiger charge is 2.35. The van der Waals surface area contributed by atoms with Crippen molar-refractivity contribution in [3.8, 4) is 5.75 Å². The maximum atomic E-state index is 12.8. The summed E-state index contributed by atoms with van der Waals surface area (Å²) in [5, 5.41) is 0. The van der Waals surface area contributed by atoms with Crippen molar-refractivity contribution in [2.75, 3.05) is 26.7 Å². The van der Waals surface area contributed by atoms with E-state index < -0.39 is 0 Å². The zero-order chi connectivity index (χ0) is 16.2. The van der Waals surface area contributed by atoms with Crippen molar-refractivity contribution in [1.82, 2.24) is 4.90 Å². The molecular weight excluding hydrogens is 288 g/mol. The van der Waals surface area contributed by atoms with Crippen LogP contribution in [0.25, 0.3) is 0 Å². The summed E-state index contributed by atoms with van der Waals surface area (Å²) < 4.78 is 5.21. The molecular formula is C19H22N2O2. The number of ether oxygens (including phenoxy) is 1. The lowest BCUT2D eigenvalue weighted by molar-refractivity contribution is 0.0786. The lowest BCUT2D eigenvalue weighted by Crippen LogP contribution is -2.29. The van der Waals surface area contributed by atoms with Crippen molar-refractivity contribution >= 4 is 5.91 Å². The van der Waals surface area contributed by atoms with Crippen LogP contribution in [-0.4, -0.2) is 37.6 Å². The topological polar surface area (TPSA) is 55.6 Å². The highest BCUT2D eigenvalue weighted by atomic mass is 16.5. The van der Waals surface area contributed by atoms with E-state index in [4.69, 9.17) is 10.5 Å². The second-order valence-electron chi connectivity index (χ2n) is 5.96. The summed E-state index contributed by atoms with van der Waals surface area (Å²) in [6, 6.07) is 17.6. The van der Waals surface area contributed by atoms with Gasteiger partial charge in [-0.2, -0.15) is 0 Å². The van der Waals surface area contributed by atoms with E-state index >= 15 is 0 Å². The molecule has 0 spiro atoms. The summed E-state index contributed by atoms with van der Waals surface area (Å²) in [6.45, 7) is 2.00. The summed E-state index contributed by atoms with van der Waals surface area (Å²) >= 11 is 0. The molecule has 1 fully saturated rings. The van der Waals surface area contributed by atoms with Crippen molar-refractivity contribution in [3.63, 3.8) is 0 Å². The van der Waals surface area contributed by atoms with Gasteiger partial charge >= 0.3 is 0 Å². The molecule has 2 N–H and O–H groups in total. The Hall–Kier alpha value is -2.33. The molecule has 2 atom stereocenters. The van der Waals surface area contributed by atoms with Crippen molar-refractivity contribution in [2.24, 2.45) is 11.7 Å². The number of likely N-dealkylation sites (tertiary alicyclic amines) is 1. The van der Waals surface area contributed by atoms with Crippen LogP contribution in [0.3, 0.4) is 0 Å². The quantitative estimate of drug-likeness (QED) is 0.944. The molecule has 120 valence electrons. The number of benzene rings is 2. The van der Waals surface area contributed by atoms with Crippen LogP contribution in [0.5, 0.6) is 5.75 Å². The number of hydrogen-bond acceptors (Lipinski definition) is 3. The van der Waals surface area contributed by atoms with E-state index in [-0.39, 0.29) is 5.91 Å². The fraction of sp³-hybridized carbons (Fsp3) is 0.316. The molecule has 1 saturated heterocycles. The van der Waals surface area contributed by atoms with Gasteiger partial charge in [-0.05, 0) is 36.2 Å². The van der Waals surface area contributed by atoms with Gasteiger partial charge in [0.1, 0.15) is 5.75 Å². The van der Waals surface area contributed by atoms with Gasteiger partial charge in [-0.3, -0.25) is 4.79 Å². The Labute approximate surface area is 136 Å². The summed E-state index contributed by atoms with van der Waals surface area (Å²) in [4.78, 5) is 14.7. The number of rotatable bonds is 4. The molecule has 0 unspecified atom stereocenters. The first kappa shape index (κ1) is 15.6. The summed E-state index contributed by atoms with van der Waals surface area (Å²) in [5.41, 5.74) is 7.86. The maximum Gasteiger partial charge on any atom is 0.254 e. The molecule has 1 heterocycles. The number of hydrogen-bond donors (Lipinski definition) is 1. The van der Waals surface area contributed by atoms with Gasteiger partial charge in [-0.1, -0.05) is 36.4 Å². The second-order valence-corrected chi connectivity index (χ2v) is 5.96. The van der Waals surface area contributed by atoms with Crippen LogP contribution in [0.15, 0.2) is 54.6 Å². The Morgan fingerprint density at radius 1 is 1.17 bits per heavy atom. The Balaban J connectivity index is 1.80. The number of carbonyl (C=O) groups excluding carboxylic acids is 1. The third kappa shape index (κ3) is 3.22. The third-order valence-electron chi connectivity index (χ3n) is 4.58. The monoisotopic (exact) mass is 310 g/mol. The molecule has 2 aromatic carbocycles. The molecule has 4 heteroatoms. The van der Waals surface area contributed by atoms with Crippen molar-refractivity contribution in [1.29, 1.82) is 0 Å². The highest BCUT2D eigenvalue weighted by molar-refractivity contribution is 5.94. The number of nitrogens with zero attached hydrogens (tertiary/aromatic N) is 1. The molecule has 1 aliphatic rings. The van der Waals surface area contributed by atoms with E-state index in [1.165, 1.54) is 5.56 Å². The number of methoxy groups -OCH3 is 1. The van der Waals surface area contributed by atoms with Gasteiger partial charge in [0.15, 0.2) is 0 Å². The average molecular weight is 310 g/mol. The van der Waals surface area contributed by atoms with E-state index in [1.807, 2.05) is 41.3 Å². The van der Waals surface area contributed by atoms with E-state index in [1.54, 1.807) is 13.2 Å². The number of amides is 1. The normalized spacial score (nSPS) is 20.5. The smallest absolute Gasteiger partial charge is 0.254 e. The SMILES string of the molecule is COc1cccc(C(=O)N2C[C@@H](CN)[C@H](c3ccccc3)C2)c1. The standard InChI is InChI=1S/C19H22N2O2/c1-23-17-9-5-8-15(10-17)19(22)21-12-16(11-20)18(13-21)14-6-3-2-4-7-14/h2-10,16,18H,11-13,20H2,1H3/t16-,18+/m1/s1. The minimum atomic E-state index is 0.0424. The van der Waals surface area contributed by atoms with E-state index in [0.717, 1.165) is 0 Å². The molecule has 0 aromatic heterocycles. The Kier molecular flexibility index (Phi) is 4.63. The molecule has 3 rings (SSSR count). The van der Waals surface area contributed by atoms with Crippen LogP contribution in [0, 0.1) is 5.92 Å². The Morgan fingerprint density at radius 3 is 2.65 bits per heavy atom. The van der Waals surface area contributed by atoms with Crippen molar-refractivity contribution in [3.05, 3.63) is 65.7 Å². The molecule has 0 aliphatic carbocycles. The Morgan fingerprint density at radius 2 is 1.96 bits per heavy atom. The predicted octanol–water partition coefficient (Wildman–Crippen LogP) is 2.51. The molecule has 1 amide bonds. The molecule has 23 heavy (non-hydrogen) atoms.